The minimum Gasteiger partial charge on any atom is -0.339 e. The third-order valence-corrected chi connectivity index (χ3v) is 3.35. The zero-order chi connectivity index (χ0) is 13.7. The number of rotatable bonds is 4. The summed E-state index contributed by atoms with van der Waals surface area (Å²) < 4.78 is 13.1. The van der Waals surface area contributed by atoms with E-state index in [1.807, 2.05) is 11.0 Å². The third-order valence-electron chi connectivity index (χ3n) is 3.35. The van der Waals surface area contributed by atoms with E-state index in [1.54, 1.807) is 19.2 Å². The van der Waals surface area contributed by atoms with Gasteiger partial charge in [-0.25, -0.2) is 4.39 Å². The lowest BCUT2D eigenvalue weighted by molar-refractivity contribution is -0.131. The van der Waals surface area contributed by atoms with Gasteiger partial charge in [-0.15, -0.1) is 0 Å². The fourth-order valence-corrected chi connectivity index (χ4v) is 2.31. The molecule has 0 unspecified atom stereocenters. The first-order valence-corrected chi connectivity index (χ1v) is 6.58. The van der Waals surface area contributed by atoms with Crippen LogP contribution in [0.25, 0.3) is 0 Å². The fraction of sp³-hybridized carbons (Fsp3) is 0.500. The SMILES string of the molecule is CNCC(=O)N1CCN(Cc2cccc(F)c2)CC1. The molecule has 0 radical (unpaired) electrons. The van der Waals surface area contributed by atoms with Crippen LogP contribution in [0.1, 0.15) is 5.56 Å². The van der Waals surface area contributed by atoms with E-state index in [9.17, 15) is 9.18 Å². The van der Waals surface area contributed by atoms with Crippen molar-refractivity contribution in [1.82, 2.24) is 15.1 Å². The molecule has 1 aliphatic heterocycles. The lowest BCUT2D eigenvalue weighted by Gasteiger charge is -2.34. The number of likely N-dealkylation sites (N-methyl/N-ethyl adjacent to an activating group) is 1. The van der Waals surface area contributed by atoms with Gasteiger partial charge in [0, 0.05) is 32.7 Å². The molecule has 1 saturated heterocycles. The summed E-state index contributed by atoms with van der Waals surface area (Å²) in [6.45, 7) is 4.30. The van der Waals surface area contributed by atoms with E-state index < -0.39 is 0 Å². The molecule has 1 aromatic rings. The highest BCUT2D eigenvalue weighted by Crippen LogP contribution is 2.10. The lowest BCUT2D eigenvalue weighted by Crippen LogP contribution is -2.50. The molecule has 104 valence electrons. The van der Waals surface area contributed by atoms with Gasteiger partial charge in [-0.2, -0.15) is 0 Å². The molecule has 0 saturated carbocycles. The van der Waals surface area contributed by atoms with Gasteiger partial charge >= 0.3 is 0 Å². The van der Waals surface area contributed by atoms with Gasteiger partial charge in [0.2, 0.25) is 5.91 Å². The van der Waals surface area contributed by atoms with Crippen LogP contribution in [0.2, 0.25) is 0 Å². The number of hydrogen-bond acceptors (Lipinski definition) is 3. The predicted molar refractivity (Wildman–Crippen MR) is 72.2 cm³/mol. The van der Waals surface area contributed by atoms with Gasteiger partial charge in [-0.05, 0) is 24.7 Å². The Hall–Kier alpha value is -1.46. The van der Waals surface area contributed by atoms with Gasteiger partial charge in [-0.1, -0.05) is 12.1 Å². The summed E-state index contributed by atoms with van der Waals surface area (Å²) >= 11 is 0. The first-order valence-electron chi connectivity index (χ1n) is 6.58. The molecule has 1 heterocycles. The molecule has 4 nitrogen and oxygen atoms in total. The summed E-state index contributed by atoms with van der Waals surface area (Å²) in [5.74, 6) is -0.0479. The number of nitrogens with zero attached hydrogens (tertiary/aromatic N) is 2. The standard InChI is InChI=1S/C14H20FN3O/c1-16-10-14(19)18-7-5-17(6-8-18)11-12-3-2-4-13(15)9-12/h2-4,9,16H,5-8,10-11H2,1H3. The van der Waals surface area contributed by atoms with Crippen LogP contribution >= 0.6 is 0 Å². The monoisotopic (exact) mass is 265 g/mol. The van der Waals surface area contributed by atoms with Crippen LogP contribution in [-0.4, -0.2) is 55.5 Å². The lowest BCUT2D eigenvalue weighted by atomic mass is 10.2. The number of amides is 1. The van der Waals surface area contributed by atoms with E-state index in [0.717, 1.165) is 38.3 Å². The molecule has 0 atom stereocenters. The van der Waals surface area contributed by atoms with Crippen molar-refractivity contribution in [3.05, 3.63) is 35.6 Å². The Kier molecular flexibility index (Phi) is 4.87. The minimum atomic E-state index is -0.194. The third kappa shape index (κ3) is 4.01. The Morgan fingerprint density at radius 3 is 2.68 bits per heavy atom. The topological polar surface area (TPSA) is 35.6 Å². The fourth-order valence-electron chi connectivity index (χ4n) is 2.31. The Balaban J connectivity index is 1.82. The highest BCUT2D eigenvalue weighted by Gasteiger charge is 2.20. The largest absolute Gasteiger partial charge is 0.339 e. The molecular formula is C14H20FN3O. The van der Waals surface area contributed by atoms with Crippen LogP contribution in [0.15, 0.2) is 24.3 Å². The predicted octanol–water partition coefficient (Wildman–Crippen LogP) is 0.689. The second kappa shape index (κ2) is 6.63. The number of halogens is 1. The number of carbonyl (C=O) groups excluding carboxylic acids is 1. The summed E-state index contributed by atoms with van der Waals surface area (Å²) in [4.78, 5) is 15.8. The summed E-state index contributed by atoms with van der Waals surface area (Å²) in [6.07, 6.45) is 0. The molecule has 1 amide bonds. The first kappa shape index (κ1) is 14.0. The molecule has 0 spiro atoms. The number of piperazine rings is 1. The van der Waals surface area contributed by atoms with Gasteiger partial charge in [0.1, 0.15) is 5.82 Å². The van der Waals surface area contributed by atoms with Crippen molar-refractivity contribution < 1.29 is 9.18 Å². The van der Waals surface area contributed by atoms with E-state index in [1.165, 1.54) is 6.07 Å². The van der Waals surface area contributed by atoms with E-state index in [2.05, 4.69) is 10.2 Å². The van der Waals surface area contributed by atoms with Crippen molar-refractivity contribution in [2.24, 2.45) is 0 Å². The maximum atomic E-state index is 13.1. The van der Waals surface area contributed by atoms with Crippen molar-refractivity contribution in [2.45, 2.75) is 6.54 Å². The Bertz CT molecular complexity index is 430. The van der Waals surface area contributed by atoms with Crippen molar-refractivity contribution in [1.29, 1.82) is 0 Å². The molecule has 0 bridgehead atoms. The van der Waals surface area contributed by atoms with Crippen LogP contribution in [0.5, 0.6) is 0 Å². The second-order valence-electron chi connectivity index (χ2n) is 4.82. The molecule has 1 fully saturated rings. The molecule has 19 heavy (non-hydrogen) atoms. The quantitative estimate of drug-likeness (QED) is 0.870. The number of hydrogen-bond donors (Lipinski definition) is 1. The average Bonchev–Trinajstić information content (AvgIpc) is 2.40. The van der Waals surface area contributed by atoms with E-state index >= 15 is 0 Å². The van der Waals surface area contributed by atoms with Crippen LogP contribution in [0.4, 0.5) is 4.39 Å². The minimum absolute atomic E-state index is 0.146. The number of benzene rings is 1. The molecule has 1 aliphatic rings. The molecule has 1 aromatic carbocycles. The smallest absolute Gasteiger partial charge is 0.236 e. The Morgan fingerprint density at radius 2 is 2.05 bits per heavy atom. The average molecular weight is 265 g/mol. The van der Waals surface area contributed by atoms with Gasteiger partial charge in [-0.3, -0.25) is 9.69 Å². The molecular weight excluding hydrogens is 245 g/mol. The Labute approximate surface area is 113 Å². The van der Waals surface area contributed by atoms with Crippen molar-refractivity contribution in [3.8, 4) is 0 Å². The second-order valence-corrected chi connectivity index (χ2v) is 4.82. The van der Waals surface area contributed by atoms with E-state index in [4.69, 9.17) is 0 Å². The van der Waals surface area contributed by atoms with Gasteiger partial charge in [0.25, 0.3) is 0 Å². The van der Waals surface area contributed by atoms with Crippen molar-refractivity contribution in [3.63, 3.8) is 0 Å². The number of carbonyl (C=O) groups is 1. The summed E-state index contributed by atoms with van der Waals surface area (Å²) in [5.41, 5.74) is 0.981. The van der Waals surface area contributed by atoms with Crippen LogP contribution in [0.3, 0.4) is 0 Å². The van der Waals surface area contributed by atoms with Crippen molar-refractivity contribution in [2.75, 3.05) is 39.8 Å². The Morgan fingerprint density at radius 1 is 1.32 bits per heavy atom. The number of nitrogens with one attached hydrogen (secondary N) is 1. The van der Waals surface area contributed by atoms with Gasteiger partial charge in [0.05, 0.1) is 6.54 Å². The normalized spacial score (nSPS) is 16.6. The summed E-state index contributed by atoms with van der Waals surface area (Å²) in [6, 6.07) is 6.69. The highest BCUT2D eigenvalue weighted by atomic mass is 19.1. The van der Waals surface area contributed by atoms with Gasteiger partial charge < -0.3 is 10.2 Å². The zero-order valence-electron chi connectivity index (χ0n) is 11.2. The maximum Gasteiger partial charge on any atom is 0.236 e. The molecule has 0 aromatic heterocycles. The maximum absolute atomic E-state index is 13.1. The van der Waals surface area contributed by atoms with Gasteiger partial charge in [0.15, 0.2) is 0 Å². The molecule has 1 N–H and O–H groups in total. The van der Waals surface area contributed by atoms with Crippen LogP contribution < -0.4 is 5.32 Å². The first-order chi connectivity index (χ1) is 9.19. The highest BCUT2D eigenvalue weighted by molar-refractivity contribution is 5.78. The molecule has 2 rings (SSSR count). The van der Waals surface area contributed by atoms with E-state index in [0.29, 0.717) is 6.54 Å². The van der Waals surface area contributed by atoms with Crippen LogP contribution in [0, 0.1) is 5.82 Å². The van der Waals surface area contributed by atoms with Crippen LogP contribution in [-0.2, 0) is 11.3 Å². The summed E-state index contributed by atoms with van der Waals surface area (Å²) in [5, 5.41) is 2.88. The zero-order valence-corrected chi connectivity index (χ0v) is 11.2. The van der Waals surface area contributed by atoms with Crippen molar-refractivity contribution >= 4 is 5.91 Å². The molecule has 5 heteroatoms. The van der Waals surface area contributed by atoms with E-state index in [-0.39, 0.29) is 11.7 Å². The summed E-state index contributed by atoms with van der Waals surface area (Å²) in [7, 11) is 1.78. The molecule has 0 aliphatic carbocycles.